The van der Waals surface area contributed by atoms with Crippen LogP contribution in [0.25, 0.3) is 0 Å². The molecule has 0 radical (unpaired) electrons. The van der Waals surface area contributed by atoms with Gasteiger partial charge in [0.25, 0.3) is 0 Å². The van der Waals surface area contributed by atoms with Crippen molar-refractivity contribution in [2.45, 2.75) is 26.2 Å². The van der Waals surface area contributed by atoms with Crippen LogP contribution in [0.5, 0.6) is 23.0 Å². The largest absolute Gasteiger partial charge is 0.486 e. The van der Waals surface area contributed by atoms with Crippen LogP contribution in [-0.4, -0.2) is 25.0 Å². The Morgan fingerprint density at radius 3 is 2.46 bits per heavy atom. The van der Waals surface area contributed by atoms with Crippen LogP contribution in [0.2, 0.25) is 0 Å². The van der Waals surface area contributed by atoms with Crippen molar-refractivity contribution in [2.24, 2.45) is 0 Å². The molecule has 0 unspecified atom stereocenters. The Kier molecular flexibility index (Phi) is 3.69. The smallest absolute Gasteiger partial charge is 0.312 e. The molecule has 0 saturated heterocycles. The van der Waals surface area contributed by atoms with Crippen LogP contribution in [0.1, 0.15) is 47.7 Å². The summed E-state index contributed by atoms with van der Waals surface area (Å²) >= 11 is 0. The number of hydrogen-bond donors (Lipinski definition) is 0. The summed E-state index contributed by atoms with van der Waals surface area (Å²) in [5.74, 6) is 1.81. The highest BCUT2D eigenvalue weighted by Gasteiger charge is 2.39. The van der Waals surface area contributed by atoms with Gasteiger partial charge in [0, 0.05) is 11.5 Å². The molecule has 6 heteroatoms. The lowest BCUT2D eigenvalue weighted by molar-refractivity contribution is -0.135. The fourth-order valence-corrected chi connectivity index (χ4v) is 3.88. The van der Waals surface area contributed by atoms with E-state index in [1.807, 2.05) is 32.0 Å². The number of rotatable bonds is 1. The van der Waals surface area contributed by atoms with Gasteiger partial charge in [-0.25, -0.2) is 0 Å². The van der Waals surface area contributed by atoms with Crippen molar-refractivity contribution in [2.75, 3.05) is 13.2 Å². The molecule has 1 atom stereocenters. The first-order valence-corrected chi connectivity index (χ1v) is 9.20. The minimum Gasteiger partial charge on any atom is -0.486 e. The Morgan fingerprint density at radius 1 is 0.929 bits per heavy atom. The van der Waals surface area contributed by atoms with Gasteiger partial charge in [-0.05, 0) is 49.2 Å². The molecule has 142 valence electrons. The molecule has 28 heavy (non-hydrogen) atoms. The molecule has 0 bridgehead atoms. The third-order valence-electron chi connectivity index (χ3n) is 5.18. The maximum absolute atomic E-state index is 12.7. The fourth-order valence-electron chi connectivity index (χ4n) is 3.88. The van der Waals surface area contributed by atoms with Crippen molar-refractivity contribution in [1.82, 2.24) is 0 Å². The minimum absolute atomic E-state index is 0.143. The summed E-state index contributed by atoms with van der Waals surface area (Å²) in [7, 11) is 0. The van der Waals surface area contributed by atoms with Crippen molar-refractivity contribution in [3.05, 3.63) is 58.4 Å². The van der Waals surface area contributed by atoms with Gasteiger partial charge in [-0.2, -0.15) is 0 Å². The first-order chi connectivity index (χ1) is 13.5. The average molecular weight is 378 g/mol. The fraction of sp³-hybridized carbons (Fsp3) is 0.273. The summed E-state index contributed by atoms with van der Waals surface area (Å²) in [6, 6.07) is 8.98. The summed E-state index contributed by atoms with van der Waals surface area (Å²) in [6.45, 7) is 4.67. The number of benzene rings is 2. The van der Waals surface area contributed by atoms with Crippen molar-refractivity contribution in [1.29, 1.82) is 0 Å². The molecule has 0 aromatic heterocycles. The van der Waals surface area contributed by atoms with E-state index in [2.05, 4.69) is 0 Å². The quantitative estimate of drug-likeness (QED) is 0.427. The van der Waals surface area contributed by atoms with Gasteiger partial charge in [0.15, 0.2) is 17.3 Å². The third-order valence-corrected chi connectivity index (χ3v) is 5.18. The van der Waals surface area contributed by atoms with Crippen LogP contribution in [0.4, 0.5) is 0 Å². The van der Waals surface area contributed by atoms with Gasteiger partial charge in [-0.15, -0.1) is 0 Å². The number of ketones is 1. The summed E-state index contributed by atoms with van der Waals surface area (Å²) in [4.78, 5) is 24.9. The monoisotopic (exact) mass is 378 g/mol. The zero-order valence-electron chi connectivity index (χ0n) is 15.5. The number of esters is 1. The molecule has 3 aliphatic rings. The highest BCUT2D eigenvalue weighted by molar-refractivity contribution is 6.13. The van der Waals surface area contributed by atoms with E-state index in [1.54, 1.807) is 12.1 Å². The number of carbonyl (C=O) groups excluding carboxylic acids is 2. The van der Waals surface area contributed by atoms with Crippen LogP contribution < -0.4 is 18.9 Å². The Balaban J connectivity index is 1.67. The molecule has 0 saturated carbocycles. The number of ether oxygens (including phenoxy) is 4. The molecular formula is C22H18O6. The molecular weight excluding hydrogens is 360 g/mol. The lowest BCUT2D eigenvalue weighted by Gasteiger charge is -2.27. The van der Waals surface area contributed by atoms with Crippen molar-refractivity contribution < 1.29 is 28.5 Å². The van der Waals surface area contributed by atoms with Gasteiger partial charge in [0.1, 0.15) is 24.7 Å². The van der Waals surface area contributed by atoms with E-state index >= 15 is 0 Å². The highest BCUT2D eigenvalue weighted by Crippen LogP contribution is 2.50. The van der Waals surface area contributed by atoms with Gasteiger partial charge in [-0.3, -0.25) is 9.59 Å². The van der Waals surface area contributed by atoms with E-state index in [4.69, 9.17) is 18.9 Å². The van der Waals surface area contributed by atoms with E-state index in [-0.39, 0.29) is 24.1 Å². The van der Waals surface area contributed by atoms with Crippen LogP contribution in [-0.2, 0) is 4.79 Å². The molecule has 5 rings (SSSR count). The average Bonchev–Trinajstić information content (AvgIpc) is 3.04. The second-order valence-corrected chi connectivity index (χ2v) is 7.25. The minimum atomic E-state index is -0.320. The molecule has 6 nitrogen and oxygen atoms in total. The number of carbonyl (C=O) groups is 2. The predicted octanol–water partition coefficient (Wildman–Crippen LogP) is 3.77. The summed E-state index contributed by atoms with van der Waals surface area (Å²) in [5.41, 5.74) is 2.91. The van der Waals surface area contributed by atoms with Gasteiger partial charge >= 0.3 is 5.97 Å². The Morgan fingerprint density at radius 2 is 1.68 bits per heavy atom. The second kappa shape index (κ2) is 6.12. The standard InChI is InChI=1S/C22H18O6/c1-11(2)21-20(24)13-4-6-16-19(22(13)28-21)14(10-18(23)27-16)12-3-5-15-17(9-12)26-8-7-25-15/h3-6,9,14H,7-8,10H2,1-2H3/t14-/m1/s1. The van der Waals surface area contributed by atoms with Crippen molar-refractivity contribution in [3.63, 3.8) is 0 Å². The molecule has 3 aliphatic heterocycles. The Bertz CT molecular complexity index is 1060. The Labute approximate surface area is 161 Å². The van der Waals surface area contributed by atoms with E-state index in [0.717, 1.165) is 16.7 Å². The first-order valence-electron chi connectivity index (χ1n) is 9.20. The first kappa shape index (κ1) is 16.9. The maximum Gasteiger partial charge on any atom is 0.312 e. The van der Waals surface area contributed by atoms with Gasteiger partial charge in [0.2, 0.25) is 5.78 Å². The molecule has 3 heterocycles. The van der Waals surface area contributed by atoms with E-state index in [0.29, 0.717) is 47.5 Å². The summed E-state index contributed by atoms with van der Waals surface area (Å²) < 4.78 is 22.7. The van der Waals surface area contributed by atoms with Crippen molar-refractivity contribution in [3.8, 4) is 23.0 Å². The second-order valence-electron chi connectivity index (χ2n) is 7.25. The Hall–Kier alpha value is -3.28. The van der Waals surface area contributed by atoms with Gasteiger partial charge in [0.05, 0.1) is 12.0 Å². The zero-order valence-corrected chi connectivity index (χ0v) is 15.5. The number of allylic oxidation sites excluding steroid dienone is 2. The third kappa shape index (κ3) is 2.48. The highest BCUT2D eigenvalue weighted by atomic mass is 16.6. The number of fused-ring (bicyclic) bond motifs is 4. The number of Topliss-reactive ketones (excluding diaryl/α,β-unsaturated/α-hetero) is 1. The van der Waals surface area contributed by atoms with Crippen LogP contribution >= 0.6 is 0 Å². The van der Waals surface area contributed by atoms with E-state index in [1.165, 1.54) is 0 Å². The summed E-state index contributed by atoms with van der Waals surface area (Å²) in [6.07, 6.45) is 0.158. The molecule has 2 aromatic carbocycles. The van der Waals surface area contributed by atoms with E-state index in [9.17, 15) is 9.59 Å². The molecule has 0 spiro atoms. The molecule has 0 aliphatic carbocycles. The van der Waals surface area contributed by atoms with Crippen LogP contribution in [0, 0.1) is 0 Å². The SMILES string of the molecule is CC(C)=C1Oc2c(ccc3c2[C@@H](c2ccc4c(c2)OCCO4)CC(=O)O3)C1=O. The van der Waals surface area contributed by atoms with Crippen molar-refractivity contribution >= 4 is 11.8 Å². The van der Waals surface area contributed by atoms with Crippen LogP contribution in [0.3, 0.4) is 0 Å². The lowest BCUT2D eigenvalue weighted by atomic mass is 9.84. The van der Waals surface area contributed by atoms with E-state index < -0.39 is 0 Å². The van der Waals surface area contributed by atoms with Gasteiger partial charge in [-0.1, -0.05) is 6.07 Å². The topological polar surface area (TPSA) is 71.1 Å². The molecule has 2 aromatic rings. The zero-order chi connectivity index (χ0) is 19.4. The number of hydrogen-bond acceptors (Lipinski definition) is 6. The lowest BCUT2D eigenvalue weighted by Crippen LogP contribution is -2.22. The molecule has 0 N–H and O–H groups in total. The predicted molar refractivity (Wildman–Crippen MR) is 99.3 cm³/mol. The van der Waals surface area contributed by atoms with Gasteiger partial charge < -0.3 is 18.9 Å². The maximum atomic E-state index is 12.7. The normalized spacial score (nSPS) is 19.5. The molecule has 0 fully saturated rings. The molecule has 0 amide bonds. The summed E-state index contributed by atoms with van der Waals surface area (Å²) in [5, 5.41) is 0. The van der Waals surface area contributed by atoms with Crippen LogP contribution in [0.15, 0.2) is 41.7 Å².